The third-order valence-corrected chi connectivity index (χ3v) is 5.31. The molecule has 0 aliphatic carbocycles. The summed E-state index contributed by atoms with van der Waals surface area (Å²) in [5.74, 6) is -0.101. The Kier molecular flexibility index (Phi) is 6.70. The van der Waals surface area contributed by atoms with E-state index in [9.17, 15) is 9.59 Å². The van der Waals surface area contributed by atoms with Gasteiger partial charge in [-0.2, -0.15) is 0 Å². The molecule has 0 saturated carbocycles. The molecule has 3 rings (SSSR count). The molecule has 5 nitrogen and oxygen atoms in total. The Morgan fingerprint density at radius 3 is 2.31 bits per heavy atom. The molecule has 2 aromatic carbocycles. The molecule has 2 amide bonds. The second kappa shape index (κ2) is 9.23. The molecule has 154 valence electrons. The number of nitrogens with zero attached hydrogens (tertiary/aromatic N) is 1. The van der Waals surface area contributed by atoms with Crippen molar-refractivity contribution in [1.29, 1.82) is 0 Å². The minimum absolute atomic E-state index is 0.00209. The molecule has 2 atom stereocenters. The maximum absolute atomic E-state index is 12.9. The molecule has 0 spiro atoms. The Hall–Kier alpha value is -2.66. The number of hydrogen-bond donors (Lipinski definition) is 1. The quantitative estimate of drug-likeness (QED) is 0.825. The molecule has 5 heteroatoms. The van der Waals surface area contributed by atoms with E-state index in [-0.39, 0.29) is 29.8 Å². The van der Waals surface area contributed by atoms with Gasteiger partial charge < -0.3 is 15.0 Å². The van der Waals surface area contributed by atoms with Crippen molar-refractivity contribution in [2.24, 2.45) is 5.92 Å². The van der Waals surface area contributed by atoms with Gasteiger partial charge >= 0.3 is 0 Å². The summed E-state index contributed by atoms with van der Waals surface area (Å²) in [5, 5.41) is 3.01. The molecule has 1 heterocycles. The predicted octanol–water partition coefficient (Wildman–Crippen LogP) is 4.23. The number of morpholine rings is 1. The lowest BCUT2D eigenvalue weighted by atomic mass is 9.87. The van der Waals surface area contributed by atoms with Crippen LogP contribution in [0, 0.1) is 12.8 Å². The molecule has 0 bridgehead atoms. The van der Waals surface area contributed by atoms with Crippen molar-refractivity contribution in [2.75, 3.05) is 25.0 Å². The van der Waals surface area contributed by atoms with Gasteiger partial charge in [-0.15, -0.1) is 0 Å². The smallest absolute Gasteiger partial charge is 0.254 e. The number of carbonyl (C=O) groups excluding carboxylic acids is 2. The van der Waals surface area contributed by atoms with E-state index in [1.54, 1.807) is 24.3 Å². The van der Waals surface area contributed by atoms with Crippen molar-refractivity contribution in [2.45, 2.75) is 39.7 Å². The maximum Gasteiger partial charge on any atom is 0.254 e. The van der Waals surface area contributed by atoms with E-state index in [4.69, 9.17) is 4.74 Å². The number of carbonyl (C=O) groups is 2. The summed E-state index contributed by atoms with van der Waals surface area (Å²) in [6, 6.07) is 15.2. The van der Waals surface area contributed by atoms with E-state index in [0.717, 1.165) is 5.56 Å². The van der Waals surface area contributed by atoms with Gasteiger partial charge in [0.15, 0.2) is 0 Å². The molecule has 1 N–H and O–H groups in total. The predicted molar refractivity (Wildman–Crippen MR) is 115 cm³/mol. The van der Waals surface area contributed by atoms with E-state index in [2.05, 4.69) is 19.2 Å². The maximum atomic E-state index is 12.9. The van der Waals surface area contributed by atoms with E-state index in [1.807, 2.05) is 43.0 Å². The molecule has 2 unspecified atom stereocenters. The third-order valence-electron chi connectivity index (χ3n) is 5.31. The van der Waals surface area contributed by atoms with Crippen LogP contribution in [0.5, 0.6) is 0 Å². The van der Waals surface area contributed by atoms with Gasteiger partial charge in [0.1, 0.15) is 0 Å². The van der Waals surface area contributed by atoms with Crippen LogP contribution in [0.15, 0.2) is 48.5 Å². The van der Waals surface area contributed by atoms with Crippen molar-refractivity contribution < 1.29 is 14.3 Å². The molecule has 29 heavy (non-hydrogen) atoms. The number of aryl methyl sites for hydroxylation is 1. The fourth-order valence-electron chi connectivity index (χ4n) is 3.71. The molecule has 1 fully saturated rings. The van der Waals surface area contributed by atoms with Gasteiger partial charge in [-0.05, 0) is 49.6 Å². The number of amides is 2. The van der Waals surface area contributed by atoms with E-state index < -0.39 is 0 Å². The number of nitrogens with one attached hydrogen (secondary N) is 1. The highest BCUT2D eigenvalue weighted by Gasteiger charge is 2.25. The van der Waals surface area contributed by atoms with Crippen molar-refractivity contribution in [1.82, 2.24) is 4.90 Å². The van der Waals surface area contributed by atoms with Crippen LogP contribution in [0.3, 0.4) is 0 Å². The van der Waals surface area contributed by atoms with Crippen LogP contribution in [-0.2, 0) is 9.53 Å². The number of benzene rings is 2. The molecule has 0 radical (unpaired) electrons. The van der Waals surface area contributed by atoms with Gasteiger partial charge in [-0.25, -0.2) is 0 Å². The summed E-state index contributed by atoms with van der Waals surface area (Å²) in [7, 11) is 0. The summed E-state index contributed by atoms with van der Waals surface area (Å²) >= 11 is 0. The largest absolute Gasteiger partial charge is 0.375 e. The van der Waals surface area contributed by atoms with Crippen molar-refractivity contribution in [3.8, 4) is 0 Å². The average molecular weight is 395 g/mol. The summed E-state index contributed by atoms with van der Waals surface area (Å²) in [5.41, 5.74) is 3.50. The second-order valence-electron chi connectivity index (χ2n) is 8.13. The first kappa shape index (κ1) is 21.1. The number of rotatable bonds is 5. The lowest BCUT2D eigenvalue weighted by Gasteiger charge is -2.31. The number of hydrogen-bond acceptors (Lipinski definition) is 3. The van der Waals surface area contributed by atoms with Crippen molar-refractivity contribution in [3.05, 3.63) is 65.2 Å². The fraction of sp³-hybridized carbons (Fsp3) is 0.417. The lowest BCUT2D eigenvalue weighted by Crippen LogP contribution is -2.44. The van der Waals surface area contributed by atoms with E-state index >= 15 is 0 Å². The van der Waals surface area contributed by atoms with Crippen LogP contribution in [0.4, 0.5) is 5.69 Å². The first-order chi connectivity index (χ1) is 13.8. The average Bonchev–Trinajstić information content (AvgIpc) is 2.69. The minimum Gasteiger partial charge on any atom is -0.375 e. The summed E-state index contributed by atoms with van der Waals surface area (Å²) in [6.07, 6.45) is 0.0565. The zero-order valence-electron chi connectivity index (χ0n) is 17.6. The van der Waals surface area contributed by atoms with Gasteiger partial charge in [0.2, 0.25) is 5.91 Å². The van der Waals surface area contributed by atoms with Crippen LogP contribution in [0.2, 0.25) is 0 Å². The van der Waals surface area contributed by atoms with Gasteiger partial charge in [0.05, 0.1) is 18.6 Å². The van der Waals surface area contributed by atoms with Crippen LogP contribution in [-0.4, -0.2) is 42.5 Å². The van der Waals surface area contributed by atoms with Crippen LogP contribution in [0.25, 0.3) is 0 Å². The Bertz CT molecular complexity index is 843. The highest BCUT2D eigenvalue weighted by molar-refractivity contribution is 5.98. The van der Waals surface area contributed by atoms with Gasteiger partial charge in [-0.3, -0.25) is 9.59 Å². The molecule has 1 aliphatic rings. The van der Waals surface area contributed by atoms with Gasteiger partial charge in [0, 0.05) is 24.3 Å². The molecule has 2 aromatic rings. The first-order valence-electron chi connectivity index (χ1n) is 10.2. The summed E-state index contributed by atoms with van der Waals surface area (Å²) in [6.45, 7) is 9.88. The van der Waals surface area contributed by atoms with Crippen molar-refractivity contribution >= 4 is 17.5 Å². The zero-order chi connectivity index (χ0) is 21.0. The monoisotopic (exact) mass is 394 g/mol. The minimum atomic E-state index is -0.230. The Morgan fingerprint density at radius 2 is 1.72 bits per heavy atom. The summed E-state index contributed by atoms with van der Waals surface area (Å²) in [4.78, 5) is 27.4. The van der Waals surface area contributed by atoms with Crippen LogP contribution >= 0.6 is 0 Å². The fourth-order valence-corrected chi connectivity index (χ4v) is 3.71. The highest BCUT2D eigenvalue weighted by Crippen LogP contribution is 2.27. The summed E-state index contributed by atoms with van der Waals surface area (Å²) < 4.78 is 5.50. The standard InChI is InChI=1S/C24H30N2O3/c1-16(2)22(19-7-5-17(3)6-8-19)23(27)25-21-11-9-20(10-12-21)24(28)26-13-14-29-18(4)15-26/h5-12,16,18,22H,13-15H2,1-4H3,(H,25,27). The SMILES string of the molecule is Cc1ccc(C(C(=O)Nc2ccc(C(=O)N3CCOC(C)C3)cc2)C(C)C)cc1. The molecular formula is C24H30N2O3. The van der Waals surface area contributed by atoms with Gasteiger partial charge in [-0.1, -0.05) is 43.7 Å². The normalized spacial score (nSPS) is 17.8. The van der Waals surface area contributed by atoms with Crippen molar-refractivity contribution in [3.63, 3.8) is 0 Å². The molecule has 1 aliphatic heterocycles. The molecule has 1 saturated heterocycles. The van der Waals surface area contributed by atoms with Crippen LogP contribution in [0.1, 0.15) is 48.2 Å². The topological polar surface area (TPSA) is 58.6 Å². The number of ether oxygens (including phenoxy) is 1. The Balaban J connectivity index is 1.68. The van der Waals surface area contributed by atoms with Crippen LogP contribution < -0.4 is 5.32 Å². The Labute approximate surface area is 173 Å². The molecular weight excluding hydrogens is 364 g/mol. The third kappa shape index (κ3) is 5.24. The van der Waals surface area contributed by atoms with Gasteiger partial charge in [0.25, 0.3) is 5.91 Å². The number of anilines is 1. The zero-order valence-corrected chi connectivity index (χ0v) is 17.6. The Morgan fingerprint density at radius 1 is 1.07 bits per heavy atom. The highest BCUT2D eigenvalue weighted by atomic mass is 16.5. The second-order valence-corrected chi connectivity index (χ2v) is 8.13. The lowest BCUT2D eigenvalue weighted by molar-refractivity contribution is -0.118. The van der Waals surface area contributed by atoms with E-state index in [1.165, 1.54) is 5.56 Å². The van der Waals surface area contributed by atoms with E-state index in [0.29, 0.717) is 30.9 Å². The molecule has 0 aromatic heterocycles. The first-order valence-corrected chi connectivity index (χ1v) is 10.2.